The van der Waals surface area contributed by atoms with E-state index < -0.39 is 11.7 Å². The predicted molar refractivity (Wildman–Crippen MR) is 101 cm³/mol. The molecule has 1 N–H and O–H groups in total. The minimum absolute atomic E-state index is 0.0478. The van der Waals surface area contributed by atoms with Crippen molar-refractivity contribution in [1.82, 2.24) is 14.5 Å². The van der Waals surface area contributed by atoms with Crippen molar-refractivity contribution in [2.45, 2.75) is 32.5 Å². The van der Waals surface area contributed by atoms with Gasteiger partial charge in [0.05, 0.1) is 5.56 Å². The van der Waals surface area contributed by atoms with Crippen molar-refractivity contribution in [2.24, 2.45) is 0 Å². The van der Waals surface area contributed by atoms with Crippen LogP contribution >= 0.6 is 15.9 Å². The molecule has 0 saturated carbocycles. The smallest absolute Gasteiger partial charge is 0.324 e. The molecular formula is C18H16BrF3N4O. The fourth-order valence-corrected chi connectivity index (χ4v) is 3.08. The molecule has 3 rings (SSSR count). The van der Waals surface area contributed by atoms with E-state index in [-0.39, 0.29) is 21.7 Å². The van der Waals surface area contributed by atoms with E-state index in [4.69, 9.17) is 0 Å². The molecule has 0 amide bonds. The van der Waals surface area contributed by atoms with Gasteiger partial charge in [0, 0.05) is 34.4 Å². The molecule has 0 fully saturated rings. The van der Waals surface area contributed by atoms with Crippen molar-refractivity contribution in [2.75, 3.05) is 5.32 Å². The third-order valence-electron chi connectivity index (χ3n) is 3.99. The summed E-state index contributed by atoms with van der Waals surface area (Å²) in [6, 6.07) is 6.86. The minimum atomic E-state index is -4.48. The third kappa shape index (κ3) is 4.29. The van der Waals surface area contributed by atoms with Crippen LogP contribution in [0.5, 0.6) is 0 Å². The zero-order valence-corrected chi connectivity index (χ0v) is 15.9. The van der Waals surface area contributed by atoms with E-state index in [1.807, 2.05) is 6.92 Å². The van der Waals surface area contributed by atoms with Crippen LogP contribution in [0.3, 0.4) is 0 Å². The van der Waals surface area contributed by atoms with Gasteiger partial charge in [0.1, 0.15) is 5.65 Å². The van der Waals surface area contributed by atoms with Gasteiger partial charge in [0.2, 0.25) is 5.95 Å². The molecule has 0 aliphatic rings. The van der Waals surface area contributed by atoms with Crippen LogP contribution in [0.2, 0.25) is 0 Å². The van der Waals surface area contributed by atoms with Crippen LogP contribution in [0.1, 0.15) is 25.3 Å². The Morgan fingerprint density at radius 3 is 2.70 bits per heavy atom. The Kier molecular flexibility index (Phi) is 5.50. The first kappa shape index (κ1) is 19.3. The topological polar surface area (TPSA) is 59.8 Å². The van der Waals surface area contributed by atoms with Gasteiger partial charge >= 0.3 is 6.18 Å². The maximum absolute atomic E-state index is 13.1. The summed E-state index contributed by atoms with van der Waals surface area (Å²) in [5.41, 5.74) is -0.332. The molecule has 0 aliphatic heterocycles. The Hall–Kier alpha value is -2.42. The summed E-state index contributed by atoms with van der Waals surface area (Å²) in [7, 11) is 0. The van der Waals surface area contributed by atoms with E-state index in [1.54, 1.807) is 10.6 Å². The molecule has 0 unspecified atom stereocenters. The number of halogens is 4. The molecule has 27 heavy (non-hydrogen) atoms. The van der Waals surface area contributed by atoms with Crippen LogP contribution in [-0.2, 0) is 12.7 Å². The fourth-order valence-electron chi connectivity index (χ4n) is 2.61. The molecule has 3 aromatic rings. The maximum Gasteiger partial charge on any atom is 0.417 e. The molecule has 0 bridgehead atoms. The molecule has 142 valence electrons. The standard InChI is InChI=1S/C18H16BrF3N4O/c1-2-3-8-26-15(27)7-4-11-10-23-17(25-16(11)26)24-12-5-6-14(19)13(9-12)18(20,21)22/h4-7,9-10H,2-3,8H2,1H3,(H,23,24,25). The number of hydrogen-bond donors (Lipinski definition) is 1. The Morgan fingerprint density at radius 1 is 1.22 bits per heavy atom. The number of unbranched alkanes of at least 4 members (excludes halogenated alkanes) is 1. The number of rotatable bonds is 5. The molecule has 5 nitrogen and oxygen atoms in total. The highest BCUT2D eigenvalue weighted by Gasteiger charge is 2.33. The number of anilines is 2. The average Bonchev–Trinajstić information content (AvgIpc) is 2.61. The van der Waals surface area contributed by atoms with Crippen LogP contribution in [0, 0.1) is 0 Å². The normalized spacial score (nSPS) is 11.7. The van der Waals surface area contributed by atoms with Gasteiger partial charge in [-0.2, -0.15) is 18.2 Å². The SMILES string of the molecule is CCCCn1c(=O)ccc2cnc(Nc3ccc(Br)c(C(F)(F)F)c3)nc21. The van der Waals surface area contributed by atoms with Gasteiger partial charge in [-0.25, -0.2) is 4.98 Å². The van der Waals surface area contributed by atoms with Crippen molar-refractivity contribution >= 4 is 38.6 Å². The van der Waals surface area contributed by atoms with Crippen molar-refractivity contribution < 1.29 is 13.2 Å². The average molecular weight is 441 g/mol. The predicted octanol–water partition coefficient (Wildman–Crippen LogP) is 5.12. The van der Waals surface area contributed by atoms with Gasteiger partial charge < -0.3 is 5.32 Å². The van der Waals surface area contributed by atoms with Crippen LogP contribution in [0.4, 0.5) is 24.8 Å². The summed E-state index contributed by atoms with van der Waals surface area (Å²) in [5.74, 6) is 0.119. The Morgan fingerprint density at radius 2 is 2.00 bits per heavy atom. The molecule has 9 heteroatoms. The lowest BCUT2D eigenvalue weighted by atomic mass is 10.2. The van der Waals surface area contributed by atoms with Crippen LogP contribution in [0.25, 0.3) is 11.0 Å². The van der Waals surface area contributed by atoms with Gasteiger partial charge in [-0.05, 0) is 30.7 Å². The molecule has 0 spiro atoms. The van der Waals surface area contributed by atoms with E-state index in [1.165, 1.54) is 24.4 Å². The highest BCUT2D eigenvalue weighted by molar-refractivity contribution is 9.10. The van der Waals surface area contributed by atoms with Crippen LogP contribution < -0.4 is 10.9 Å². The highest BCUT2D eigenvalue weighted by atomic mass is 79.9. The quantitative estimate of drug-likeness (QED) is 0.598. The number of aryl methyl sites for hydroxylation is 1. The minimum Gasteiger partial charge on any atom is -0.324 e. The van der Waals surface area contributed by atoms with Crippen molar-refractivity contribution in [3.05, 3.63) is 56.9 Å². The number of nitrogens with zero attached hydrogens (tertiary/aromatic N) is 3. The maximum atomic E-state index is 13.1. The Balaban J connectivity index is 2.00. The molecule has 0 atom stereocenters. The van der Waals surface area contributed by atoms with E-state index in [0.29, 0.717) is 17.6 Å². The lowest BCUT2D eigenvalue weighted by molar-refractivity contribution is -0.138. The molecule has 2 heterocycles. The number of hydrogen-bond acceptors (Lipinski definition) is 4. The van der Waals surface area contributed by atoms with Gasteiger partial charge in [-0.15, -0.1) is 0 Å². The van der Waals surface area contributed by atoms with E-state index in [2.05, 4.69) is 31.2 Å². The molecule has 2 aromatic heterocycles. The van der Waals surface area contributed by atoms with E-state index in [0.717, 1.165) is 18.9 Å². The lowest BCUT2D eigenvalue weighted by Crippen LogP contribution is -2.20. The van der Waals surface area contributed by atoms with Crippen molar-refractivity contribution in [3.8, 4) is 0 Å². The molecule has 0 saturated heterocycles. The van der Waals surface area contributed by atoms with Gasteiger partial charge in [-0.3, -0.25) is 9.36 Å². The second-order valence-electron chi connectivity index (χ2n) is 5.97. The van der Waals surface area contributed by atoms with E-state index in [9.17, 15) is 18.0 Å². The van der Waals surface area contributed by atoms with Gasteiger partial charge in [0.15, 0.2) is 0 Å². The summed E-state index contributed by atoms with van der Waals surface area (Å²) in [4.78, 5) is 20.6. The molecular weight excluding hydrogens is 425 g/mol. The molecule has 1 aromatic carbocycles. The number of alkyl halides is 3. The summed E-state index contributed by atoms with van der Waals surface area (Å²) >= 11 is 2.91. The zero-order chi connectivity index (χ0) is 19.6. The summed E-state index contributed by atoms with van der Waals surface area (Å²) in [6.07, 6.45) is -1.22. The first-order valence-corrected chi connectivity index (χ1v) is 9.09. The monoisotopic (exact) mass is 440 g/mol. The van der Waals surface area contributed by atoms with Crippen molar-refractivity contribution in [1.29, 1.82) is 0 Å². The molecule has 0 radical (unpaired) electrons. The zero-order valence-electron chi connectivity index (χ0n) is 14.3. The number of pyridine rings is 1. The second kappa shape index (κ2) is 7.67. The largest absolute Gasteiger partial charge is 0.417 e. The Labute approximate surface area is 161 Å². The van der Waals surface area contributed by atoms with Crippen LogP contribution in [-0.4, -0.2) is 14.5 Å². The molecule has 0 aliphatic carbocycles. The number of aromatic nitrogens is 3. The number of nitrogens with one attached hydrogen (secondary N) is 1. The third-order valence-corrected chi connectivity index (χ3v) is 4.68. The van der Waals surface area contributed by atoms with Gasteiger partial charge in [0.25, 0.3) is 5.56 Å². The summed E-state index contributed by atoms with van der Waals surface area (Å²) < 4.78 is 40.7. The first-order chi connectivity index (χ1) is 12.8. The number of benzene rings is 1. The summed E-state index contributed by atoms with van der Waals surface area (Å²) in [5, 5.41) is 3.46. The second-order valence-corrected chi connectivity index (χ2v) is 6.82. The lowest BCUT2D eigenvalue weighted by Gasteiger charge is -2.13. The van der Waals surface area contributed by atoms with Crippen molar-refractivity contribution in [3.63, 3.8) is 0 Å². The summed E-state index contributed by atoms with van der Waals surface area (Å²) in [6.45, 7) is 2.53. The number of fused-ring (bicyclic) bond motifs is 1. The van der Waals surface area contributed by atoms with E-state index >= 15 is 0 Å². The Bertz CT molecular complexity index is 1030. The van der Waals surface area contributed by atoms with Crippen LogP contribution in [0.15, 0.2) is 45.8 Å². The van der Waals surface area contributed by atoms with Gasteiger partial charge in [-0.1, -0.05) is 29.3 Å². The first-order valence-electron chi connectivity index (χ1n) is 8.30. The highest BCUT2D eigenvalue weighted by Crippen LogP contribution is 2.36. The fraction of sp³-hybridized carbons (Fsp3) is 0.278.